The molecule has 2 heterocycles. The molecule has 1 saturated heterocycles. The lowest BCUT2D eigenvalue weighted by Gasteiger charge is -2.28. The number of nitrogens with one attached hydrogen (secondary N) is 3. The van der Waals surface area contributed by atoms with E-state index in [1.54, 1.807) is 30.6 Å². The first-order valence-electron chi connectivity index (χ1n) is 12.1. The van der Waals surface area contributed by atoms with E-state index in [1.165, 1.54) is 4.90 Å². The molecule has 2 amide bonds. The van der Waals surface area contributed by atoms with Crippen LogP contribution in [-0.2, 0) is 23.3 Å². The minimum atomic E-state index is -1.19. The molecule has 0 spiro atoms. The van der Waals surface area contributed by atoms with Crippen LogP contribution in [0.2, 0.25) is 0 Å². The smallest absolute Gasteiger partial charge is 0.264 e. The van der Waals surface area contributed by atoms with Gasteiger partial charge in [-0.2, -0.15) is 0 Å². The van der Waals surface area contributed by atoms with E-state index >= 15 is 0 Å². The Labute approximate surface area is 215 Å². The quantitative estimate of drug-likeness (QED) is 0.350. The lowest BCUT2D eigenvalue weighted by atomic mass is 9.82. The van der Waals surface area contributed by atoms with Gasteiger partial charge in [0.05, 0.1) is 6.54 Å². The first-order chi connectivity index (χ1) is 18.1. The van der Waals surface area contributed by atoms with Crippen molar-refractivity contribution in [3.05, 3.63) is 137 Å². The standard InChI is InChI=1S/C30H27N5O2/c31-29-34-30(25-10-3-1-4-11-25,26-12-5-2-6-13-26)28(37)35(29)21-23-8-7-9-24(20-23)27(36)33-19-16-22-14-17-32-18-15-22/h1-15,17-18,20H,16,19,21H2,(H2,31,34)(H,33,36). The fraction of sp³-hybridized carbons (Fsp3) is 0.133. The number of carbonyl (C=O) groups is 2. The summed E-state index contributed by atoms with van der Waals surface area (Å²) in [5.74, 6) is -0.396. The Bertz CT molecular complexity index is 1370. The second-order valence-corrected chi connectivity index (χ2v) is 8.91. The molecule has 0 atom stereocenters. The molecule has 7 nitrogen and oxygen atoms in total. The molecule has 3 N–H and O–H groups in total. The van der Waals surface area contributed by atoms with E-state index in [0.717, 1.165) is 22.3 Å². The Morgan fingerprint density at radius 2 is 1.51 bits per heavy atom. The van der Waals surface area contributed by atoms with Gasteiger partial charge in [0.15, 0.2) is 11.5 Å². The third-order valence-corrected chi connectivity index (χ3v) is 6.53. The molecule has 0 bridgehead atoms. The van der Waals surface area contributed by atoms with Crippen molar-refractivity contribution < 1.29 is 9.59 Å². The van der Waals surface area contributed by atoms with E-state index in [4.69, 9.17) is 5.41 Å². The highest BCUT2D eigenvalue weighted by Gasteiger charge is 2.52. The summed E-state index contributed by atoms with van der Waals surface area (Å²) in [5, 5.41) is 14.8. The van der Waals surface area contributed by atoms with E-state index in [1.807, 2.05) is 78.9 Å². The Morgan fingerprint density at radius 3 is 2.16 bits per heavy atom. The molecule has 0 unspecified atom stereocenters. The van der Waals surface area contributed by atoms with Gasteiger partial charge in [0.2, 0.25) is 0 Å². The summed E-state index contributed by atoms with van der Waals surface area (Å²) in [7, 11) is 0. The zero-order chi connectivity index (χ0) is 25.7. The van der Waals surface area contributed by atoms with Crippen LogP contribution < -0.4 is 10.6 Å². The summed E-state index contributed by atoms with van der Waals surface area (Å²) in [5.41, 5.74) is 2.71. The second kappa shape index (κ2) is 10.5. The lowest BCUT2D eigenvalue weighted by molar-refractivity contribution is -0.130. The second-order valence-electron chi connectivity index (χ2n) is 8.91. The summed E-state index contributed by atoms with van der Waals surface area (Å²) in [6.07, 6.45) is 4.17. The average molecular weight is 490 g/mol. The topological polar surface area (TPSA) is 98.2 Å². The molecule has 0 aliphatic carbocycles. The van der Waals surface area contributed by atoms with Crippen molar-refractivity contribution in [2.45, 2.75) is 18.5 Å². The van der Waals surface area contributed by atoms with Crippen molar-refractivity contribution in [3.8, 4) is 0 Å². The fourth-order valence-electron chi connectivity index (χ4n) is 4.65. The minimum absolute atomic E-state index is 0.0184. The SMILES string of the molecule is N=C1NC(c2ccccc2)(c2ccccc2)C(=O)N1Cc1cccc(C(=O)NCCc2ccncc2)c1. The zero-order valence-corrected chi connectivity index (χ0v) is 20.2. The van der Waals surface area contributed by atoms with Gasteiger partial charge >= 0.3 is 0 Å². The van der Waals surface area contributed by atoms with Crippen molar-refractivity contribution in [2.75, 3.05) is 6.54 Å². The molecule has 0 saturated carbocycles. The molecule has 37 heavy (non-hydrogen) atoms. The van der Waals surface area contributed by atoms with Crippen LogP contribution in [-0.4, -0.2) is 34.2 Å². The van der Waals surface area contributed by atoms with Gasteiger partial charge in [-0.1, -0.05) is 72.8 Å². The van der Waals surface area contributed by atoms with E-state index < -0.39 is 5.54 Å². The van der Waals surface area contributed by atoms with Crippen molar-refractivity contribution in [3.63, 3.8) is 0 Å². The van der Waals surface area contributed by atoms with Crippen LogP contribution in [0.5, 0.6) is 0 Å². The third kappa shape index (κ3) is 4.84. The van der Waals surface area contributed by atoms with Crippen LogP contribution >= 0.6 is 0 Å². The highest BCUT2D eigenvalue weighted by Crippen LogP contribution is 2.36. The Hall–Kier alpha value is -4.78. The molecule has 1 aliphatic heterocycles. The van der Waals surface area contributed by atoms with Crippen LogP contribution in [0.1, 0.15) is 32.6 Å². The van der Waals surface area contributed by atoms with Gasteiger partial charge in [-0.25, -0.2) is 0 Å². The predicted octanol–water partition coefficient (Wildman–Crippen LogP) is 3.86. The van der Waals surface area contributed by atoms with Crippen molar-refractivity contribution in [1.29, 1.82) is 5.41 Å². The van der Waals surface area contributed by atoms with Gasteiger partial charge in [0.1, 0.15) is 0 Å². The maximum absolute atomic E-state index is 14.0. The fourth-order valence-corrected chi connectivity index (χ4v) is 4.65. The maximum Gasteiger partial charge on any atom is 0.264 e. The first kappa shape index (κ1) is 23.9. The minimum Gasteiger partial charge on any atom is -0.352 e. The van der Waals surface area contributed by atoms with Gasteiger partial charge in [-0.15, -0.1) is 0 Å². The van der Waals surface area contributed by atoms with Crippen LogP contribution in [0.15, 0.2) is 109 Å². The number of benzene rings is 3. The van der Waals surface area contributed by atoms with E-state index in [-0.39, 0.29) is 24.3 Å². The summed E-state index contributed by atoms with van der Waals surface area (Å²) in [6, 6.07) is 30.0. The maximum atomic E-state index is 14.0. The Morgan fingerprint density at radius 1 is 0.865 bits per heavy atom. The number of guanidine groups is 1. The molecule has 0 radical (unpaired) electrons. The highest BCUT2D eigenvalue weighted by atomic mass is 16.2. The third-order valence-electron chi connectivity index (χ3n) is 6.53. The number of nitrogens with zero attached hydrogens (tertiary/aromatic N) is 2. The lowest BCUT2D eigenvalue weighted by Crippen LogP contribution is -2.45. The zero-order valence-electron chi connectivity index (χ0n) is 20.2. The van der Waals surface area contributed by atoms with Gasteiger partial charge in [-0.05, 0) is 52.9 Å². The average Bonchev–Trinajstić information content (AvgIpc) is 3.20. The number of amides is 2. The number of hydrogen-bond donors (Lipinski definition) is 3. The summed E-state index contributed by atoms with van der Waals surface area (Å²) >= 11 is 0. The molecule has 5 rings (SSSR count). The number of carbonyl (C=O) groups excluding carboxylic acids is 2. The van der Waals surface area contributed by atoms with Gasteiger partial charge in [0, 0.05) is 24.5 Å². The van der Waals surface area contributed by atoms with Crippen LogP contribution in [0, 0.1) is 5.41 Å². The van der Waals surface area contributed by atoms with Gasteiger partial charge < -0.3 is 10.6 Å². The van der Waals surface area contributed by atoms with Gasteiger partial charge in [-0.3, -0.25) is 24.9 Å². The van der Waals surface area contributed by atoms with E-state index in [2.05, 4.69) is 15.6 Å². The molecular formula is C30H27N5O2. The summed E-state index contributed by atoms with van der Waals surface area (Å²) in [6.45, 7) is 0.674. The number of hydrogen-bond acceptors (Lipinski definition) is 4. The van der Waals surface area contributed by atoms with E-state index in [9.17, 15) is 9.59 Å². The predicted molar refractivity (Wildman–Crippen MR) is 142 cm³/mol. The van der Waals surface area contributed by atoms with Crippen LogP contribution in [0.4, 0.5) is 0 Å². The molecule has 7 heteroatoms. The van der Waals surface area contributed by atoms with Crippen LogP contribution in [0.25, 0.3) is 0 Å². The molecule has 4 aromatic rings. The Kier molecular flexibility index (Phi) is 6.76. The molecular weight excluding hydrogens is 462 g/mol. The molecule has 3 aromatic carbocycles. The largest absolute Gasteiger partial charge is 0.352 e. The first-order valence-corrected chi connectivity index (χ1v) is 12.1. The molecule has 1 aromatic heterocycles. The van der Waals surface area contributed by atoms with Crippen molar-refractivity contribution >= 4 is 17.8 Å². The monoisotopic (exact) mass is 489 g/mol. The Balaban J connectivity index is 1.34. The van der Waals surface area contributed by atoms with E-state index in [0.29, 0.717) is 18.5 Å². The van der Waals surface area contributed by atoms with Crippen molar-refractivity contribution in [2.24, 2.45) is 0 Å². The summed E-state index contributed by atoms with van der Waals surface area (Å²) < 4.78 is 0. The molecule has 184 valence electrons. The summed E-state index contributed by atoms with van der Waals surface area (Å²) in [4.78, 5) is 32.2. The van der Waals surface area contributed by atoms with Crippen LogP contribution in [0.3, 0.4) is 0 Å². The van der Waals surface area contributed by atoms with Crippen molar-refractivity contribution in [1.82, 2.24) is 20.5 Å². The number of pyridine rings is 1. The highest BCUT2D eigenvalue weighted by molar-refractivity contribution is 6.10. The van der Waals surface area contributed by atoms with Gasteiger partial charge in [0.25, 0.3) is 11.8 Å². The number of rotatable bonds is 8. The molecule has 1 aliphatic rings. The molecule has 1 fully saturated rings. The normalized spacial score (nSPS) is 14.3. The number of aromatic nitrogens is 1.